The van der Waals surface area contributed by atoms with Gasteiger partial charge in [0.2, 0.25) is 0 Å². The first-order chi connectivity index (χ1) is 6.38. The van der Waals surface area contributed by atoms with Crippen LogP contribution in [0.2, 0.25) is 0 Å². The first-order valence-electron chi connectivity index (χ1n) is 3.78. The molecule has 3 heteroatoms. The summed E-state index contributed by atoms with van der Waals surface area (Å²) in [5.41, 5.74) is 0. The Morgan fingerprint density at radius 3 is 1.15 bits per heavy atom. The number of rotatable bonds is 1. The molecule has 2 saturated carbocycles. The van der Waals surface area contributed by atoms with Crippen LogP contribution in [0.25, 0.3) is 0 Å². The van der Waals surface area contributed by atoms with Crippen LogP contribution in [0.4, 0.5) is 0 Å². The summed E-state index contributed by atoms with van der Waals surface area (Å²) in [4.78, 5) is 0. The molecule has 64 valence electrons. The van der Waals surface area contributed by atoms with E-state index in [1.165, 1.54) is 11.8 Å². The van der Waals surface area contributed by atoms with Crippen molar-refractivity contribution in [1.82, 2.24) is 0 Å². The third kappa shape index (κ3) is 4.67. The molecule has 10 radical (unpaired) electrons. The summed E-state index contributed by atoms with van der Waals surface area (Å²) in [6, 6.07) is 0. The molecule has 0 aromatic heterocycles. The third-order valence-corrected chi connectivity index (χ3v) is 1.66. The van der Waals surface area contributed by atoms with E-state index < -0.39 is 20.8 Å². The van der Waals surface area contributed by atoms with Crippen LogP contribution in [0.3, 0.4) is 0 Å². The van der Waals surface area contributed by atoms with Crippen molar-refractivity contribution in [3.8, 4) is 0 Å². The molecule has 2 aliphatic rings. The molecule has 13 heavy (non-hydrogen) atoms. The van der Waals surface area contributed by atoms with Gasteiger partial charge in [0, 0.05) is 0 Å². The molecule has 0 saturated heterocycles. The zero-order valence-corrected chi connectivity index (χ0v) is 10.8. The number of hydrogen-bond donors (Lipinski definition) is 0. The van der Waals surface area contributed by atoms with Crippen molar-refractivity contribution >= 4 is 17.0 Å². The summed E-state index contributed by atoms with van der Waals surface area (Å²) >= 11 is -0.826. The fourth-order valence-electron chi connectivity index (χ4n) is 1.13. The van der Waals surface area contributed by atoms with E-state index in [0.717, 1.165) is 0 Å². The van der Waals surface area contributed by atoms with E-state index in [1.54, 1.807) is 0 Å². The molecule has 0 bridgehead atoms. The maximum atomic E-state index is 4.93. The molecule has 2 rings (SSSR count). The van der Waals surface area contributed by atoms with Crippen LogP contribution >= 0.6 is 17.0 Å². The van der Waals surface area contributed by atoms with Gasteiger partial charge in [-0.1, -0.05) is 0 Å². The second-order valence-electron chi connectivity index (χ2n) is 2.42. The Hall–Kier alpha value is 1.46. The molecular formula is C10H8Cl2Zr+2. The van der Waals surface area contributed by atoms with E-state index in [1.807, 2.05) is 0 Å². The molecule has 2 fully saturated rings. The Morgan fingerprint density at radius 1 is 0.692 bits per heavy atom. The van der Waals surface area contributed by atoms with Crippen molar-refractivity contribution in [2.75, 3.05) is 0 Å². The molecule has 0 spiro atoms. The average molecular weight is 290 g/mol. The van der Waals surface area contributed by atoms with Gasteiger partial charge in [-0.25, -0.2) is 0 Å². The standard InChI is InChI=1S/C10H8.2ClH.Zr/c1-2-6-9(5-1)10-7-3-4-8-10;;;/h1-8H;2*1H;/q;;;+4/p-2. The van der Waals surface area contributed by atoms with Gasteiger partial charge in [0.05, 0.1) is 0 Å². The Balaban J connectivity index is 0.000000251. The average Bonchev–Trinajstić information content (AvgIpc) is 2.78. The first kappa shape index (κ1) is 12.5. The van der Waals surface area contributed by atoms with Crippen molar-refractivity contribution < 1.29 is 20.8 Å². The summed E-state index contributed by atoms with van der Waals surface area (Å²) < 4.78 is 0. The Morgan fingerprint density at radius 2 is 0.923 bits per heavy atom. The normalized spacial score (nSPS) is 23.8. The van der Waals surface area contributed by atoms with Crippen molar-refractivity contribution in [1.29, 1.82) is 0 Å². The van der Waals surface area contributed by atoms with Gasteiger partial charge >= 0.3 is 37.9 Å². The van der Waals surface area contributed by atoms with E-state index in [4.69, 9.17) is 17.0 Å². The van der Waals surface area contributed by atoms with Gasteiger partial charge in [-0.2, -0.15) is 0 Å². The number of hydrogen-bond acceptors (Lipinski definition) is 0. The van der Waals surface area contributed by atoms with Gasteiger partial charge in [0.15, 0.2) is 0 Å². The monoisotopic (exact) mass is 288 g/mol. The van der Waals surface area contributed by atoms with Crippen molar-refractivity contribution in [3.05, 3.63) is 63.2 Å². The van der Waals surface area contributed by atoms with Crippen LogP contribution < -0.4 is 0 Å². The minimum atomic E-state index is -0.826. The molecule has 0 heterocycles. The van der Waals surface area contributed by atoms with E-state index in [9.17, 15) is 0 Å². The summed E-state index contributed by atoms with van der Waals surface area (Å²) in [6.45, 7) is 0. The van der Waals surface area contributed by atoms with Crippen LogP contribution in [0, 0.1) is 63.2 Å². The third-order valence-electron chi connectivity index (χ3n) is 1.66. The Kier molecular flexibility index (Phi) is 7.44. The van der Waals surface area contributed by atoms with Crippen LogP contribution in [0.1, 0.15) is 0 Å². The topological polar surface area (TPSA) is 0 Å². The fourth-order valence-corrected chi connectivity index (χ4v) is 1.13. The van der Waals surface area contributed by atoms with Gasteiger partial charge in [0.1, 0.15) is 0 Å². The van der Waals surface area contributed by atoms with E-state index in [0.29, 0.717) is 0 Å². The van der Waals surface area contributed by atoms with Crippen LogP contribution in [-0.4, -0.2) is 0 Å². The maximum absolute atomic E-state index is 4.93. The molecule has 0 nitrogen and oxygen atoms in total. The quantitative estimate of drug-likeness (QED) is 0.696. The first-order valence-corrected chi connectivity index (χ1v) is 10.1. The molecular weight excluding hydrogens is 282 g/mol. The van der Waals surface area contributed by atoms with Gasteiger partial charge in [0.25, 0.3) is 0 Å². The van der Waals surface area contributed by atoms with Crippen LogP contribution in [0.5, 0.6) is 0 Å². The van der Waals surface area contributed by atoms with Gasteiger partial charge in [-0.05, 0) is 63.2 Å². The molecule has 0 aromatic carbocycles. The van der Waals surface area contributed by atoms with Crippen LogP contribution in [-0.2, 0) is 20.8 Å². The van der Waals surface area contributed by atoms with Crippen molar-refractivity contribution in [2.24, 2.45) is 0 Å². The fraction of sp³-hybridized carbons (Fsp3) is 0. The van der Waals surface area contributed by atoms with Gasteiger partial charge < -0.3 is 0 Å². The van der Waals surface area contributed by atoms with Gasteiger partial charge in [-0.3, -0.25) is 0 Å². The second-order valence-corrected chi connectivity index (χ2v) is 6.15. The Bertz CT molecular complexity index is 104. The predicted molar refractivity (Wildman–Crippen MR) is 52.6 cm³/mol. The summed E-state index contributed by atoms with van der Waals surface area (Å²) in [5.74, 6) is 2.62. The molecule has 0 amide bonds. The van der Waals surface area contributed by atoms with E-state index >= 15 is 0 Å². The zero-order chi connectivity index (χ0) is 9.52. The van der Waals surface area contributed by atoms with Crippen molar-refractivity contribution in [3.63, 3.8) is 0 Å². The SMILES string of the molecule is [CH]1[CH][CH][C]([C]2[CH][CH][CH][CH]2)[CH]1.[Cl][Zr+2][Cl]. The van der Waals surface area contributed by atoms with E-state index in [-0.39, 0.29) is 0 Å². The second kappa shape index (κ2) is 7.72. The predicted octanol–water partition coefficient (Wildman–Crippen LogP) is 3.17. The summed E-state index contributed by atoms with van der Waals surface area (Å²) in [5, 5.41) is 0. The molecule has 0 atom stereocenters. The molecule has 0 unspecified atom stereocenters. The minimum absolute atomic E-state index is 0.826. The van der Waals surface area contributed by atoms with E-state index in [2.05, 4.69) is 51.4 Å². The molecule has 2 aliphatic carbocycles. The zero-order valence-electron chi connectivity index (χ0n) is 6.87. The van der Waals surface area contributed by atoms with Gasteiger partial charge in [-0.15, -0.1) is 0 Å². The molecule has 0 aromatic rings. The summed E-state index contributed by atoms with van der Waals surface area (Å²) in [6.07, 6.45) is 16.7. The molecule has 0 N–H and O–H groups in total. The summed E-state index contributed by atoms with van der Waals surface area (Å²) in [7, 11) is 9.87. The number of halogens is 2. The van der Waals surface area contributed by atoms with Crippen molar-refractivity contribution in [2.45, 2.75) is 0 Å². The molecule has 0 aliphatic heterocycles. The Labute approximate surface area is 100 Å². The van der Waals surface area contributed by atoms with Crippen LogP contribution in [0.15, 0.2) is 0 Å².